The number of hydrogen-bond acceptors (Lipinski definition) is 6. The van der Waals surface area contributed by atoms with Crippen LogP contribution in [-0.4, -0.2) is 41.5 Å². The second kappa shape index (κ2) is 8.98. The summed E-state index contributed by atoms with van der Waals surface area (Å²) in [6.07, 6.45) is 1.96. The Balaban J connectivity index is 2.58. The van der Waals surface area contributed by atoms with Crippen molar-refractivity contribution in [2.24, 2.45) is 0 Å². The van der Waals surface area contributed by atoms with E-state index < -0.39 is 5.97 Å². The molecule has 0 spiro atoms. The molecule has 2 rings (SSSR count). The van der Waals surface area contributed by atoms with Crippen LogP contribution < -0.4 is 18.9 Å². The van der Waals surface area contributed by atoms with Crippen LogP contribution in [0.15, 0.2) is 30.3 Å². The molecule has 0 fully saturated rings. The van der Waals surface area contributed by atoms with Crippen LogP contribution in [-0.2, 0) is 4.74 Å². The summed E-state index contributed by atoms with van der Waals surface area (Å²) in [6.45, 7) is 1.93. The zero-order chi connectivity index (χ0) is 20.0. The number of hydrogen-bond donors (Lipinski definition) is 0. The van der Waals surface area contributed by atoms with Gasteiger partial charge in [-0.1, -0.05) is 12.1 Å². The molecule has 0 heterocycles. The fourth-order valence-electron chi connectivity index (χ4n) is 2.76. The highest BCUT2D eigenvalue weighted by Gasteiger charge is 2.18. The molecular weight excluding hydrogens is 348 g/mol. The van der Waals surface area contributed by atoms with E-state index in [0.717, 1.165) is 16.7 Å². The van der Waals surface area contributed by atoms with Crippen LogP contribution in [0, 0.1) is 0 Å². The van der Waals surface area contributed by atoms with E-state index in [9.17, 15) is 4.79 Å². The summed E-state index contributed by atoms with van der Waals surface area (Å²) in [4.78, 5) is 12.0. The maximum absolute atomic E-state index is 12.0. The maximum atomic E-state index is 12.0. The molecule has 0 aromatic heterocycles. The fraction of sp³-hybridized carbons (Fsp3) is 0.286. The quantitative estimate of drug-likeness (QED) is 0.539. The van der Waals surface area contributed by atoms with Crippen LogP contribution >= 0.6 is 0 Å². The molecular formula is C21H24O6. The molecule has 0 N–H and O–H groups in total. The highest BCUT2D eigenvalue weighted by atomic mass is 16.5. The number of carbonyl (C=O) groups excluding carboxylic acids is 1. The van der Waals surface area contributed by atoms with Gasteiger partial charge in [-0.15, -0.1) is 0 Å². The molecule has 0 unspecified atom stereocenters. The SMILES string of the molecule is COC(=O)c1cc(OC)c(OC)c(/C(C)=C/c2ccc(OC)c(OC)c2)c1. The first kappa shape index (κ1) is 20.2. The van der Waals surface area contributed by atoms with E-state index in [1.165, 1.54) is 14.2 Å². The summed E-state index contributed by atoms with van der Waals surface area (Å²) >= 11 is 0. The lowest BCUT2D eigenvalue weighted by molar-refractivity contribution is 0.0600. The zero-order valence-electron chi connectivity index (χ0n) is 16.4. The smallest absolute Gasteiger partial charge is 0.338 e. The Morgan fingerprint density at radius 1 is 0.815 bits per heavy atom. The van der Waals surface area contributed by atoms with Crippen LogP contribution in [0.2, 0.25) is 0 Å². The number of methoxy groups -OCH3 is 5. The second-order valence-corrected chi connectivity index (χ2v) is 5.69. The minimum atomic E-state index is -0.448. The Kier molecular flexibility index (Phi) is 6.71. The molecule has 0 saturated heterocycles. The normalized spacial score (nSPS) is 11.0. The van der Waals surface area contributed by atoms with Crippen LogP contribution in [0.1, 0.15) is 28.4 Å². The van der Waals surface area contributed by atoms with Gasteiger partial charge in [0.05, 0.1) is 41.1 Å². The Hall–Kier alpha value is -3.15. The molecule has 0 atom stereocenters. The van der Waals surface area contributed by atoms with E-state index in [4.69, 9.17) is 23.7 Å². The summed E-state index contributed by atoms with van der Waals surface area (Å²) in [6, 6.07) is 8.94. The summed E-state index contributed by atoms with van der Waals surface area (Å²) < 4.78 is 26.3. The third-order valence-corrected chi connectivity index (χ3v) is 4.12. The first-order valence-corrected chi connectivity index (χ1v) is 8.24. The van der Waals surface area contributed by atoms with Gasteiger partial charge < -0.3 is 23.7 Å². The van der Waals surface area contributed by atoms with E-state index in [0.29, 0.717) is 28.6 Å². The molecule has 2 aromatic rings. The van der Waals surface area contributed by atoms with E-state index in [2.05, 4.69) is 0 Å². The third-order valence-electron chi connectivity index (χ3n) is 4.12. The number of esters is 1. The van der Waals surface area contributed by atoms with Gasteiger partial charge in [-0.25, -0.2) is 4.79 Å². The average molecular weight is 372 g/mol. The number of ether oxygens (including phenoxy) is 5. The van der Waals surface area contributed by atoms with Gasteiger partial charge >= 0.3 is 5.97 Å². The third kappa shape index (κ3) is 4.34. The summed E-state index contributed by atoms with van der Waals surface area (Å²) in [7, 11) is 7.60. The minimum absolute atomic E-state index is 0.380. The van der Waals surface area contributed by atoms with E-state index in [1.807, 2.05) is 31.2 Å². The van der Waals surface area contributed by atoms with Crippen molar-refractivity contribution >= 4 is 17.6 Å². The molecule has 2 aromatic carbocycles. The van der Waals surface area contributed by atoms with Crippen LogP contribution in [0.3, 0.4) is 0 Å². The predicted molar refractivity (Wildman–Crippen MR) is 104 cm³/mol. The summed E-state index contributed by atoms with van der Waals surface area (Å²) in [5, 5.41) is 0. The lowest BCUT2D eigenvalue weighted by Crippen LogP contribution is -2.04. The van der Waals surface area contributed by atoms with Crippen molar-refractivity contribution in [3.05, 3.63) is 47.0 Å². The molecule has 0 bridgehead atoms. The zero-order valence-corrected chi connectivity index (χ0v) is 16.4. The van der Waals surface area contributed by atoms with Gasteiger partial charge in [-0.3, -0.25) is 0 Å². The number of carbonyl (C=O) groups is 1. The molecule has 0 radical (unpaired) electrons. The Bertz CT molecular complexity index is 854. The first-order chi connectivity index (χ1) is 13.0. The monoisotopic (exact) mass is 372 g/mol. The standard InChI is InChI=1S/C21H24O6/c1-13(9-14-7-8-17(23-2)18(10-14)24-3)16-11-15(21(22)27-6)12-19(25-4)20(16)26-5/h7-12H,1-6H3/b13-9+. The van der Waals surface area contributed by atoms with Gasteiger partial charge in [0.25, 0.3) is 0 Å². The molecule has 0 aliphatic rings. The van der Waals surface area contributed by atoms with Crippen molar-refractivity contribution < 1.29 is 28.5 Å². The van der Waals surface area contributed by atoms with Crippen molar-refractivity contribution in [3.8, 4) is 23.0 Å². The number of allylic oxidation sites excluding steroid dienone is 1. The van der Waals surface area contributed by atoms with Crippen LogP contribution in [0.25, 0.3) is 11.6 Å². The summed E-state index contributed by atoms with van der Waals surface area (Å²) in [5.41, 5.74) is 2.90. The molecule has 0 amide bonds. The van der Waals surface area contributed by atoms with E-state index in [-0.39, 0.29) is 0 Å². The molecule has 6 heteroatoms. The van der Waals surface area contributed by atoms with Crippen molar-refractivity contribution in [1.29, 1.82) is 0 Å². The molecule has 6 nitrogen and oxygen atoms in total. The molecule has 0 saturated carbocycles. The van der Waals surface area contributed by atoms with Crippen LogP contribution in [0.4, 0.5) is 0 Å². The van der Waals surface area contributed by atoms with Crippen molar-refractivity contribution in [1.82, 2.24) is 0 Å². The number of rotatable bonds is 7. The fourth-order valence-corrected chi connectivity index (χ4v) is 2.76. The molecule has 27 heavy (non-hydrogen) atoms. The van der Waals surface area contributed by atoms with Gasteiger partial charge in [-0.2, -0.15) is 0 Å². The van der Waals surface area contributed by atoms with E-state index in [1.54, 1.807) is 33.5 Å². The van der Waals surface area contributed by atoms with Gasteiger partial charge in [0.1, 0.15) is 0 Å². The largest absolute Gasteiger partial charge is 0.493 e. The highest BCUT2D eigenvalue weighted by molar-refractivity contribution is 5.94. The van der Waals surface area contributed by atoms with Gasteiger partial charge in [-0.05, 0) is 42.3 Å². The van der Waals surface area contributed by atoms with Crippen molar-refractivity contribution in [3.63, 3.8) is 0 Å². The lowest BCUT2D eigenvalue weighted by atomic mass is 10.00. The summed E-state index contributed by atoms with van der Waals surface area (Å²) in [5.74, 6) is 1.83. The first-order valence-electron chi connectivity index (χ1n) is 8.24. The van der Waals surface area contributed by atoms with Crippen molar-refractivity contribution in [2.75, 3.05) is 35.5 Å². The average Bonchev–Trinajstić information content (AvgIpc) is 2.71. The van der Waals surface area contributed by atoms with Crippen molar-refractivity contribution in [2.45, 2.75) is 6.92 Å². The second-order valence-electron chi connectivity index (χ2n) is 5.69. The number of benzene rings is 2. The molecule has 0 aliphatic carbocycles. The predicted octanol–water partition coefficient (Wildman–Crippen LogP) is 4.07. The topological polar surface area (TPSA) is 63.2 Å². The van der Waals surface area contributed by atoms with Gasteiger partial charge in [0.15, 0.2) is 23.0 Å². The Labute approximate surface area is 159 Å². The maximum Gasteiger partial charge on any atom is 0.338 e. The highest BCUT2D eigenvalue weighted by Crippen LogP contribution is 2.38. The molecule has 0 aliphatic heterocycles. The minimum Gasteiger partial charge on any atom is -0.493 e. The Morgan fingerprint density at radius 2 is 1.48 bits per heavy atom. The molecule has 144 valence electrons. The van der Waals surface area contributed by atoms with E-state index >= 15 is 0 Å². The van der Waals surface area contributed by atoms with Gasteiger partial charge in [0, 0.05) is 5.56 Å². The van der Waals surface area contributed by atoms with Crippen LogP contribution in [0.5, 0.6) is 23.0 Å². The Morgan fingerprint density at radius 3 is 2.04 bits per heavy atom. The van der Waals surface area contributed by atoms with Gasteiger partial charge in [0.2, 0.25) is 0 Å². The lowest BCUT2D eigenvalue weighted by Gasteiger charge is -2.15.